The molecule has 0 aliphatic heterocycles. The molecule has 0 amide bonds. The standard InChI is InChI=1S/C10H16/c1-4-10-7-8(2)5-6-9(10)3/h5-7,9-10H,4H2,1-3H3. The van der Waals surface area contributed by atoms with Crippen LogP contribution in [0.3, 0.4) is 0 Å². The average Bonchev–Trinajstić information content (AvgIpc) is 1.94. The Bertz CT molecular complexity index is 163. The molecule has 0 saturated heterocycles. The lowest BCUT2D eigenvalue weighted by Gasteiger charge is -2.20. The van der Waals surface area contributed by atoms with E-state index in [1.54, 1.807) is 0 Å². The van der Waals surface area contributed by atoms with E-state index in [1.807, 2.05) is 0 Å². The van der Waals surface area contributed by atoms with Crippen molar-refractivity contribution in [2.24, 2.45) is 11.8 Å². The number of hydrogen-bond acceptors (Lipinski definition) is 0. The molecule has 0 fully saturated rings. The van der Waals surface area contributed by atoms with E-state index in [-0.39, 0.29) is 0 Å². The first-order chi connectivity index (χ1) is 4.74. The summed E-state index contributed by atoms with van der Waals surface area (Å²) in [5, 5.41) is 0. The van der Waals surface area contributed by atoms with Crippen LogP contribution in [0.15, 0.2) is 23.8 Å². The molecule has 0 nitrogen and oxygen atoms in total. The van der Waals surface area contributed by atoms with E-state index in [1.165, 1.54) is 12.0 Å². The minimum Gasteiger partial charge on any atom is -0.0809 e. The van der Waals surface area contributed by atoms with Crippen LogP contribution in [0.2, 0.25) is 0 Å². The highest BCUT2D eigenvalue weighted by atomic mass is 14.2. The van der Waals surface area contributed by atoms with Crippen LogP contribution < -0.4 is 0 Å². The lowest BCUT2D eigenvalue weighted by atomic mass is 9.86. The summed E-state index contributed by atoms with van der Waals surface area (Å²) >= 11 is 0. The van der Waals surface area contributed by atoms with Crippen LogP contribution in [0.4, 0.5) is 0 Å². The Kier molecular flexibility index (Phi) is 2.31. The Hall–Kier alpha value is -0.520. The Morgan fingerprint density at radius 3 is 2.70 bits per heavy atom. The van der Waals surface area contributed by atoms with Gasteiger partial charge in [-0.05, 0) is 25.2 Å². The van der Waals surface area contributed by atoms with E-state index in [4.69, 9.17) is 0 Å². The quantitative estimate of drug-likeness (QED) is 0.519. The number of hydrogen-bond donors (Lipinski definition) is 0. The van der Waals surface area contributed by atoms with Crippen molar-refractivity contribution in [3.8, 4) is 0 Å². The smallest absolute Gasteiger partial charge is 0.0170 e. The van der Waals surface area contributed by atoms with E-state index in [0.29, 0.717) is 0 Å². The zero-order valence-corrected chi connectivity index (χ0v) is 7.09. The zero-order chi connectivity index (χ0) is 7.56. The van der Waals surface area contributed by atoms with Gasteiger partial charge >= 0.3 is 0 Å². The zero-order valence-electron chi connectivity index (χ0n) is 7.09. The highest BCUT2D eigenvalue weighted by Gasteiger charge is 2.12. The van der Waals surface area contributed by atoms with Crippen LogP contribution in [0.25, 0.3) is 0 Å². The Morgan fingerprint density at radius 1 is 1.50 bits per heavy atom. The molecule has 10 heavy (non-hydrogen) atoms. The third-order valence-electron chi connectivity index (χ3n) is 2.29. The van der Waals surface area contributed by atoms with Crippen LogP contribution in [0.5, 0.6) is 0 Å². The van der Waals surface area contributed by atoms with Gasteiger partial charge in [-0.1, -0.05) is 37.6 Å². The molecule has 2 atom stereocenters. The van der Waals surface area contributed by atoms with Crippen molar-refractivity contribution in [1.29, 1.82) is 0 Å². The Labute approximate surface area is 63.6 Å². The van der Waals surface area contributed by atoms with Gasteiger partial charge < -0.3 is 0 Å². The summed E-state index contributed by atoms with van der Waals surface area (Å²) in [6.45, 7) is 6.71. The van der Waals surface area contributed by atoms with E-state index in [2.05, 4.69) is 39.0 Å². The third-order valence-corrected chi connectivity index (χ3v) is 2.29. The van der Waals surface area contributed by atoms with Gasteiger partial charge in [-0.25, -0.2) is 0 Å². The van der Waals surface area contributed by atoms with Crippen LogP contribution in [0.1, 0.15) is 27.2 Å². The minimum atomic E-state index is 0.744. The van der Waals surface area contributed by atoms with Crippen LogP contribution in [-0.4, -0.2) is 0 Å². The molecule has 56 valence electrons. The molecular weight excluding hydrogens is 120 g/mol. The molecule has 0 heteroatoms. The summed E-state index contributed by atoms with van der Waals surface area (Å²) < 4.78 is 0. The van der Waals surface area contributed by atoms with Crippen LogP contribution in [-0.2, 0) is 0 Å². The lowest BCUT2D eigenvalue weighted by molar-refractivity contribution is 0.489. The second-order valence-electron chi connectivity index (χ2n) is 3.20. The molecule has 0 radical (unpaired) electrons. The number of allylic oxidation sites excluding steroid dienone is 4. The van der Waals surface area contributed by atoms with Crippen LogP contribution >= 0.6 is 0 Å². The van der Waals surface area contributed by atoms with Crippen molar-refractivity contribution in [3.05, 3.63) is 23.8 Å². The summed E-state index contributed by atoms with van der Waals surface area (Å²) in [4.78, 5) is 0. The SMILES string of the molecule is CCC1C=C(C)C=CC1C. The largest absolute Gasteiger partial charge is 0.0809 e. The fourth-order valence-corrected chi connectivity index (χ4v) is 1.48. The Balaban J connectivity index is 2.67. The molecule has 1 aliphatic rings. The topological polar surface area (TPSA) is 0 Å². The lowest BCUT2D eigenvalue weighted by Crippen LogP contribution is -2.08. The molecule has 1 rings (SSSR count). The van der Waals surface area contributed by atoms with E-state index in [0.717, 1.165) is 11.8 Å². The maximum Gasteiger partial charge on any atom is -0.0170 e. The van der Waals surface area contributed by atoms with E-state index >= 15 is 0 Å². The van der Waals surface area contributed by atoms with Crippen LogP contribution in [0, 0.1) is 11.8 Å². The molecule has 0 aromatic rings. The highest BCUT2D eigenvalue weighted by molar-refractivity contribution is 5.22. The van der Waals surface area contributed by atoms with Gasteiger partial charge in [0.2, 0.25) is 0 Å². The molecule has 0 bridgehead atoms. The second-order valence-corrected chi connectivity index (χ2v) is 3.20. The third kappa shape index (κ3) is 1.50. The van der Waals surface area contributed by atoms with Gasteiger partial charge in [0.25, 0.3) is 0 Å². The Morgan fingerprint density at radius 2 is 2.20 bits per heavy atom. The number of rotatable bonds is 1. The predicted octanol–water partition coefficient (Wildman–Crippen LogP) is 3.16. The van der Waals surface area contributed by atoms with E-state index in [9.17, 15) is 0 Å². The van der Waals surface area contributed by atoms with E-state index < -0.39 is 0 Å². The van der Waals surface area contributed by atoms with Crippen molar-refractivity contribution >= 4 is 0 Å². The molecule has 0 N–H and O–H groups in total. The maximum absolute atomic E-state index is 2.38. The summed E-state index contributed by atoms with van der Waals surface area (Å²) in [6.07, 6.45) is 8.17. The van der Waals surface area contributed by atoms with Gasteiger partial charge in [-0.2, -0.15) is 0 Å². The van der Waals surface area contributed by atoms with Gasteiger partial charge in [0, 0.05) is 0 Å². The molecule has 0 spiro atoms. The summed E-state index contributed by atoms with van der Waals surface area (Å²) in [6, 6.07) is 0. The molecule has 0 saturated carbocycles. The normalized spacial score (nSPS) is 32.1. The first-order valence-electron chi connectivity index (χ1n) is 4.10. The van der Waals surface area contributed by atoms with Gasteiger partial charge in [-0.3, -0.25) is 0 Å². The van der Waals surface area contributed by atoms with Crippen molar-refractivity contribution in [2.45, 2.75) is 27.2 Å². The maximum atomic E-state index is 2.38. The summed E-state index contributed by atoms with van der Waals surface area (Å²) in [5.41, 5.74) is 1.42. The fraction of sp³-hybridized carbons (Fsp3) is 0.600. The molecule has 0 heterocycles. The van der Waals surface area contributed by atoms with Gasteiger partial charge in [-0.15, -0.1) is 0 Å². The van der Waals surface area contributed by atoms with Crippen molar-refractivity contribution in [3.63, 3.8) is 0 Å². The van der Waals surface area contributed by atoms with Gasteiger partial charge in [0.1, 0.15) is 0 Å². The molecular formula is C10H16. The molecule has 0 aromatic heterocycles. The average molecular weight is 136 g/mol. The second kappa shape index (κ2) is 3.05. The molecule has 0 aromatic carbocycles. The summed E-state index contributed by atoms with van der Waals surface area (Å²) in [5.74, 6) is 1.53. The van der Waals surface area contributed by atoms with Gasteiger partial charge in [0.05, 0.1) is 0 Å². The van der Waals surface area contributed by atoms with Crippen molar-refractivity contribution < 1.29 is 0 Å². The monoisotopic (exact) mass is 136 g/mol. The van der Waals surface area contributed by atoms with Gasteiger partial charge in [0.15, 0.2) is 0 Å². The minimum absolute atomic E-state index is 0.744. The fourth-order valence-electron chi connectivity index (χ4n) is 1.48. The van der Waals surface area contributed by atoms with Crippen molar-refractivity contribution in [2.75, 3.05) is 0 Å². The predicted molar refractivity (Wildman–Crippen MR) is 45.8 cm³/mol. The molecule has 2 unspecified atom stereocenters. The highest BCUT2D eigenvalue weighted by Crippen LogP contribution is 2.24. The summed E-state index contributed by atoms with van der Waals surface area (Å²) in [7, 11) is 0. The van der Waals surface area contributed by atoms with Crippen molar-refractivity contribution in [1.82, 2.24) is 0 Å². The molecule has 1 aliphatic carbocycles. The first kappa shape index (κ1) is 7.59. The first-order valence-corrected chi connectivity index (χ1v) is 4.10.